The van der Waals surface area contributed by atoms with E-state index in [0.29, 0.717) is 0 Å². The molecule has 0 aromatic rings. The molecule has 0 aliphatic carbocycles. The second kappa shape index (κ2) is 4.19. The second-order valence-electron chi connectivity index (χ2n) is 0.364. The van der Waals surface area contributed by atoms with Gasteiger partial charge in [0.15, 0.2) is 0 Å². The third-order valence-corrected chi connectivity index (χ3v) is 0. The van der Waals surface area contributed by atoms with Crippen molar-refractivity contribution < 1.29 is 32.1 Å². The van der Waals surface area contributed by atoms with Gasteiger partial charge in [0.2, 0.25) is 0 Å². The molecule has 0 aliphatic heterocycles. The van der Waals surface area contributed by atoms with E-state index in [1.807, 2.05) is 0 Å². The topological polar surface area (TPSA) is 66.9 Å². The third-order valence-electron chi connectivity index (χ3n) is 0. The van der Waals surface area contributed by atoms with Crippen LogP contribution < -0.4 is 5.73 Å². The maximum Gasteiger partial charge on any atom is 0.147 e. The Hall–Kier alpha value is 0.192. The number of nitrogens with one attached hydrogen (secondary N) is 1. The number of carbonyl (C=O) groups is 1. The Morgan fingerprint density at radius 1 is 1.80 bits per heavy atom. The summed E-state index contributed by atoms with van der Waals surface area (Å²) in [6, 6.07) is -1.08. The van der Waals surface area contributed by atoms with Gasteiger partial charge in [0, 0.05) is 27.3 Å². The molecule has 0 aliphatic rings. The first-order chi connectivity index (χ1) is 1.73. The van der Waals surface area contributed by atoms with Gasteiger partial charge in [-0.15, -0.1) is 0 Å². The van der Waals surface area contributed by atoms with Crippen LogP contribution in [0.4, 0.5) is 4.79 Å². The molecule has 0 saturated carbocycles. The van der Waals surface area contributed by atoms with Crippen molar-refractivity contribution in [3.63, 3.8) is 0 Å². The van der Waals surface area contributed by atoms with E-state index in [-0.39, 0.29) is 27.3 Å². The number of carbonyl (C=O) groups excluding carboxylic acids is 1. The van der Waals surface area contributed by atoms with E-state index >= 15 is 0 Å². The molecule has 2 amide bonds. The van der Waals surface area contributed by atoms with Gasteiger partial charge in [0.1, 0.15) is 6.03 Å². The van der Waals surface area contributed by atoms with Crippen molar-refractivity contribution in [3.05, 3.63) is 5.73 Å². The molecule has 0 rings (SSSR count). The number of hydrogen-bond acceptors (Lipinski definition) is 1. The summed E-state index contributed by atoms with van der Waals surface area (Å²) in [6.45, 7) is 0. The first kappa shape index (κ1) is 8.95. The summed E-state index contributed by atoms with van der Waals surface area (Å²) in [6.07, 6.45) is 0. The molecule has 0 bridgehead atoms. The first-order valence-electron chi connectivity index (χ1n) is 0.743. The van der Waals surface area contributed by atoms with Crippen LogP contribution in [0.15, 0.2) is 0 Å². The fourth-order valence-electron chi connectivity index (χ4n) is 0. The van der Waals surface area contributed by atoms with Crippen molar-refractivity contribution in [3.8, 4) is 0 Å². The molecule has 0 unspecified atom stereocenters. The Morgan fingerprint density at radius 3 is 1.80 bits per heavy atom. The van der Waals surface area contributed by atoms with E-state index in [4.69, 9.17) is 10.5 Å². The second-order valence-corrected chi connectivity index (χ2v) is 0.364. The van der Waals surface area contributed by atoms with Gasteiger partial charge in [-0.05, 0) is 0 Å². The zero-order valence-corrected chi connectivity index (χ0v) is 6.73. The van der Waals surface area contributed by atoms with Gasteiger partial charge in [-0.1, -0.05) is 0 Å². The Balaban J connectivity index is 0. The number of rotatable bonds is 0. The summed E-state index contributed by atoms with van der Waals surface area (Å²) in [4.78, 5) is 8.89. The Kier molecular flexibility index (Phi) is 7.51. The van der Waals surface area contributed by atoms with E-state index in [9.17, 15) is 0 Å². The number of urea groups is 1. The van der Waals surface area contributed by atoms with Crippen LogP contribution in [0.1, 0.15) is 0 Å². The van der Waals surface area contributed by atoms with Gasteiger partial charge in [-0.2, -0.15) is 0 Å². The standard InChI is InChI=1S/CH4N2O.Cd/c2-1(3)4;/h(H4,2,3,4);/p-1. The molecule has 0 atom stereocenters. The average Bonchev–Trinajstić information content (AvgIpc) is 0.811. The fraction of sp³-hybridized carbons (Fsp3) is 0. The fourth-order valence-corrected chi connectivity index (χ4v) is 0. The first-order valence-corrected chi connectivity index (χ1v) is 0.743. The van der Waals surface area contributed by atoms with Crippen molar-refractivity contribution in [2.45, 2.75) is 0 Å². The van der Waals surface area contributed by atoms with Crippen molar-refractivity contribution in [1.82, 2.24) is 0 Å². The smallest absolute Gasteiger partial charge is 0.147 e. The Bertz CT molecular complexity index is 32.6. The van der Waals surface area contributed by atoms with E-state index in [2.05, 4.69) is 5.73 Å². The van der Waals surface area contributed by atoms with E-state index in [1.54, 1.807) is 0 Å². The normalized spacial score (nSPS) is 4.80. The summed E-state index contributed by atoms with van der Waals surface area (Å²) in [5.74, 6) is 0. The van der Waals surface area contributed by atoms with E-state index < -0.39 is 6.03 Å². The molecular weight excluding hydrogens is 168 g/mol. The molecule has 3 nitrogen and oxygen atoms in total. The number of hydrogen-bond donors (Lipinski definition) is 1. The zero-order valence-electron chi connectivity index (χ0n) is 2.69. The molecule has 0 spiro atoms. The van der Waals surface area contributed by atoms with Crippen LogP contribution in [0.5, 0.6) is 0 Å². The van der Waals surface area contributed by atoms with Gasteiger partial charge >= 0.3 is 0 Å². The summed E-state index contributed by atoms with van der Waals surface area (Å²) in [5, 5.41) is 0. The molecule has 0 fully saturated rings. The van der Waals surface area contributed by atoms with Gasteiger partial charge in [0.25, 0.3) is 0 Å². The van der Waals surface area contributed by atoms with E-state index in [0.717, 1.165) is 0 Å². The van der Waals surface area contributed by atoms with Crippen LogP contribution in [-0.4, -0.2) is 6.03 Å². The molecule has 3 N–H and O–H groups in total. The minimum absolute atomic E-state index is 0. The molecule has 5 heavy (non-hydrogen) atoms. The monoisotopic (exact) mass is 173 g/mol. The third kappa shape index (κ3) is 546. The number of nitrogens with two attached hydrogens (primary N) is 1. The summed E-state index contributed by atoms with van der Waals surface area (Å²) >= 11 is 0. The molecule has 26 valence electrons. The molecule has 0 radical (unpaired) electrons. The van der Waals surface area contributed by atoms with Gasteiger partial charge in [-0.3, -0.25) is 4.79 Å². The van der Waals surface area contributed by atoms with Gasteiger partial charge in [0.05, 0.1) is 0 Å². The van der Waals surface area contributed by atoms with Crippen LogP contribution in [-0.2, 0) is 27.3 Å². The van der Waals surface area contributed by atoms with Crippen molar-refractivity contribution in [2.75, 3.05) is 0 Å². The average molecular weight is 171 g/mol. The van der Waals surface area contributed by atoms with Crippen LogP contribution in [0, 0.1) is 0 Å². The van der Waals surface area contributed by atoms with Crippen LogP contribution >= 0.6 is 0 Å². The van der Waals surface area contributed by atoms with Crippen LogP contribution in [0.25, 0.3) is 5.73 Å². The minimum Gasteiger partial charge on any atom is -0.463 e. The molecule has 0 saturated heterocycles. The molecule has 0 heterocycles. The maximum absolute atomic E-state index is 8.89. The van der Waals surface area contributed by atoms with E-state index in [1.165, 1.54) is 0 Å². The predicted molar refractivity (Wildman–Crippen MR) is 13.9 cm³/mol. The Labute approximate surface area is 49.9 Å². The maximum atomic E-state index is 8.89. The zero-order chi connectivity index (χ0) is 3.58. The van der Waals surface area contributed by atoms with Crippen LogP contribution in [0.3, 0.4) is 0 Å². The molecule has 0 aromatic carbocycles. The molecule has 4 heteroatoms. The summed E-state index contributed by atoms with van der Waals surface area (Å²) in [7, 11) is 0. The van der Waals surface area contributed by atoms with Crippen molar-refractivity contribution in [1.29, 1.82) is 0 Å². The quantitative estimate of drug-likeness (QED) is 0.517. The van der Waals surface area contributed by atoms with Gasteiger partial charge in [-0.25, -0.2) is 0 Å². The predicted octanol–water partition coefficient (Wildman–Crippen LogP) is 0.115. The number of primary amides is 1. The largest absolute Gasteiger partial charge is 0.463 e. The SMILES string of the molecule is [Cd].[NH-]C(N)=O. The van der Waals surface area contributed by atoms with Crippen LogP contribution in [0.2, 0.25) is 0 Å². The molecular formula is CH3CdN2O-. The minimum atomic E-state index is -1.08. The summed E-state index contributed by atoms with van der Waals surface area (Å²) in [5.41, 5.74) is 9.86. The Morgan fingerprint density at radius 2 is 1.80 bits per heavy atom. The van der Waals surface area contributed by atoms with Gasteiger partial charge < -0.3 is 11.5 Å². The molecule has 0 aromatic heterocycles. The van der Waals surface area contributed by atoms with Crippen molar-refractivity contribution in [2.24, 2.45) is 5.73 Å². The summed E-state index contributed by atoms with van der Waals surface area (Å²) < 4.78 is 0. The van der Waals surface area contributed by atoms with Crippen molar-refractivity contribution >= 4 is 6.03 Å². The number of amides is 2.